The van der Waals surface area contributed by atoms with Gasteiger partial charge in [0.2, 0.25) is 0 Å². The van der Waals surface area contributed by atoms with Gasteiger partial charge in [0.1, 0.15) is 0 Å². The maximum Gasteiger partial charge on any atom is 0.251 e. The van der Waals surface area contributed by atoms with Crippen LogP contribution in [0.2, 0.25) is 0 Å². The second kappa shape index (κ2) is 6.88. The van der Waals surface area contributed by atoms with Crippen LogP contribution in [-0.2, 0) is 6.54 Å². The highest BCUT2D eigenvalue weighted by molar-refractivity contribution is 5.94. The summed E-state index contributed by atoms with van der Waals surface area (Å²) < 4.78 is 0. The molecule has 0 aliphatic rings. The minimum atomic E-state index is -0.0792. The average Bonchev–Trinajstić information content (AvgIpc) is 2.47. The summed E-state index contributed by atoms with van der Waals surface area (Å²) in [6.07, 6.45) is 0. The molecule has 110 valence electrons. The Hall–Kier alpha value is -2.36. The third-order valence-electron chi connectivity index (χ3n) is 3.23. The van der Waals surface area contributed by atoms with Crippen molar-refractivity contribution in [1.82, 2.24) is 10.3 Å². The largest absolute Gasteiger partial charge is 0.385 e. The number of aryl methyl sites for hydroxylation is 2. The summed E-state index contributed by atoms with van der Waals surface area (Å²) in [5, 5.41) is 6.16. The van der Waals surface area contributed by atoms with Gasteiger partial charge in [-0.05, 0) is 56.7 Å². The van der Waals surface area contributed by atoms with Gasteiger partial charge in [-0.3, -0.25) is 9.78 Å². The molecular weight excluding hydrogens is 262 g/mol. The second-order valence-electron chi connectivity index (χ2n) is 5.01. The molecule has 4 nitrogen and oxygen atoms in total. The Morgan fingerprint density at radius 1 is 1.19 bits per heavy atom. The lowest BCUT2D eigenvalue weighted by Gasteiger charge is -2.10. The molecule has 0 saturated heterocycles. The van der Waals surface area contributed by atoms with Crippen LogP contribution in [0.4, 0.5) is 5.69 Å². The molecule has 0 radical (unpaired) electrons. The van der Waals surface area contributed by atoms with Crippen LogP contribution >= 0.6 is 0 Å². The molecule has 1 amide bonds. The molecule has 0 fully saturated rings. The summed E-state index contributed by atoms with van der Waals surface area (Å²) in [5.41, 5.74) is 4.62. The monoisotopic (exact) mass is 283 g/mol. The average molecular weight is 283 g/mol. The van der Waals surface area contributed by atoms with Gasteiger partial charge < -0.3 is 10.6 Å². The Labute approximate surface area is 125 Å². The number of pyridine rings is 1. The van der Waals surface area contributed by atoms with Gasteiger partial charge in [0.15, 0.2) is 0 Å². The predicted octanol–water partition coefficient (Wildman–Crippen LogP) is 3.06. The molecule has 0 spiro atoms. The first-order valence-corrected chi connectivity index (χ1v) is 7.15. The molecule has 0 unspecified atom stereocenters. The number of rotatable bonds is 5. The zero-order valence-electron chi connectivity index (χ0n) is 12.7. The smallest absolute Gasteiger partial charge is 0.251 e. The molecule has 2 aromatic rings. The molecule has 0 saturated carbocycles. The first-order chi connectivity index (χ1) is 10.1. The zero-order chi connectivity index (χ0) is 15.2. The van der Waals surface area contributed by atoms with Gasteiger partial charge >= 0.3 is 0 Å². The number of benzene rings is 1. The predicted molar refractivity (Wildman–Crippen MR) is 85.5 cm³/mol. The zero-order valence-corrected chi connectivity index (χ0v) is 12.7. The Kier molecular flexibility index (Phi) is 4.93. The number of hydrogen-bond acceptors (Lipinski definition) is 3. The van der Waals surface area contributed by atoms with Gasteiger partial charge in [-0.15, -0.1) is 0 Å². The van der Waals surface area contributed by atoms with Crippen LogP contribution in [0.5, 0.6) is 0 Å². The van der Waals surface area contributed by atoms with Crippen molar-refractivity contribution in [2.75, 3.05) is 11.9 Å². The molecule has 1 aromatic carbocycles. The van der Waals surface area contributed by atoms with Gasteiger partial charge in [-0.2, -0.15) is 0 Å². The fourth-order valence-electron chi connectivity index (χ4n) is 2.16. The molecule has 0 aliphatic carbocycles. The normalized spacial score (nSPS) is 10.2. The summed E-state index contributed by atoms with van der Waals surface area (Å²) in [6.45, 7) is 7.29. The van der Waals surface area contributed by atoms with Crippen molar-refractivity contribution in [3.63, 3.8) is 0 Å². The molecule has 21 heavy (non-hydrogen) atoms. The van der Waals surface area contributed by atoms with Crippen LogP contribution in [0, 0.1) is 13.8 Å². The molecule has 0 aliphatic heterocycles. The number of carbonyl (C=O) groups excluding carboxylic acids is 1. The van der Waals surface area contributed by atoms with Gasteiger partial charge in [0, 0.05) is 23.5 Å². The quantitative estimate of drug-likeness (QED) is 0.886. The van der Waals surface area contributed by atoms with Crippen LogP contribution in [0.15, 0.2) is 36.4 Å². The molecule has 2 rings (SSSR count). The molecule has 1 heterocycles. The summed E-state index contributed by atoms with van der Waals surface area (Å²) in [4.78, 5) is 16.5. The molecule has 2 N–H and O–H groups in total. The van der Waals surface area contributed by atoms with Crippen LogP contribution in [-0.4, -0.2) is 17.4 Å². The minimum Gasteiger partial charge on any atom is -0.385 e. The number of aromatic nitrogens is 1. The first-order valence-electron chi connectivity index (χ1n) is 7.15. The maximum absolute atomic E-state index is 12.2. The van der Waals surface area contributed by atoms with Crippen LogP contribution in [0.1, 0.15) is 34.2 Å². The van der Waals surface area contributed by atoms with E-state index in [0.717, 1.165) is 29.2 Å². The van der Waals surface area contributed by atoms with E-state index in [-0.39, 0.29) is 5.91 Å². The second-order valence-corrected chi connectivity index (χ2v) is 5.01. The van der Waals surface area contributed by atoms with E-state index < -0.39 is 0 Å². The molecule has 4 heteroatoms. The van der Waals surface area contributed by atoms with E-state index in [9.17, 15) is 4.79 Å². The van der Waals surface area contributed by atoms with Gasteiger partial charge in [0.25, 0.3) is 5.91 Å². The van der Waals surface area contributed by atoms with Crippen molar-refractivity contribution >= 4 is 11.6 Å². The summed E-state index contributed by atoms with van der Waals surface area (Å²) >= 11 is 0. The van der Waals surface area contributed by atoms with E-state index in [1.807, 2.05) is 50.2 Å². The van der Waals surface area contributed by atoms with Crippen molar-refractivity contribution in [2.45, 2.75) is 27.3 Å². The molecule has 0 bridgehead atoms. The highest BCUT2D eigenvalue weighted by atomic mass is 16.1. The van der Waals surface area contributed by atoms with Crippen molar-refractivity contribution in [1.29, 1.82) is 0 Å². The summed E-state index contributed by atoms with van der Waals surface area (Å²) in [7, 11) is 0. The summed E-state index contributed by atoms with van der Waals surface area (Å²) in [6, 6.07) is 11.5. The molecule has 0 atom stereocenters. The third kappa shape index (κ3) is 4.05. The molecular formula is C17H21N3O. The fraction of sp³-hybridized carbons (Fsp3) is 0.294. The Bertz CT molecular complexity index is 638. The highest BCUT2D eigenvalue weighted by Crippen LogP contribution is 2.16. The van der Waals surface area contributed by atoms with E-state index in [1.165, 1.54) is 0 Å². The number of nitrogens with one attached hydrogen (secondary N) is 2. The Morgan fingerprint density at radius 3 is 2.67 bits per heavy atom. The van der Waals surface area contributed by atoms with Crippen molar-refractivity contribution in [2.24, 2.45) is 0 Å². The lowest BCUT2D eigenvalue weighted by atomic mass is 10.1. The SMILES string of the molecule is CCNc1ccc(C(=O)NCc2cccc(C)n2)cc1C. The number of carbonyl (C=O) groups is 1. The van der Waals surface area contributed by atoms with Gasteiger partial charge in [-0.1, -0.05) is 6.07 Å². The van der Waals surface area contributed by atoms with Crippen molar-refractivity contribution < 1.29 is 4.79 Å². The lowest BCUT2D eigenvalue weighted by Crippen LogP contribution is -2.23. The van der Waals surface area contributed by atoms with Crippen LogP contribution in [0.25, 0.3) is 0 Å². The van der Waals surface area contributed by atoms with Crippen molar-refractivity contribution in [3.8, 4) is 0 Å². The van der Waals surface area contributed by atoms with E-state index >= 15 is 0 Å². The van der Waals surface area contributed by atoms with E-state index in [0.29, 0.717) is 12.1 Å². The van der Waals surface area contributed by atoms with Crippen LogP contribution in [0.3, 0.4) is 0 Å². The minimum absolute atomic E-state index is 0.0792. The molecule has 1 aromatic heterocycles. The van der Waals surface area contributed by atoms with Gasteiger partial charge in [-0.25, -0.2) is 0 Å². The first kappa shape index (κ1) is 15.0. The fourth-order valence-corrected chi connectivity index (χ4v) is 2.16. The topological polar surface area (TPSA) is 54.0 Å². The summed E-state index contributed by atoms with van der Waals surface area (Å²) in [5.74, 6) is -0.0792. The van der Waals surface area contributed by atoms with E-state index in [1.54, 1.807) is 0 Å². The number of amides is 1. The van der Waals surface area contributed by atoms with E-state index in [4.69, 9.17) is 0 Å². The number of anilines is 1. The van der Waals surface area contributed by atoms with Gasteiger partial charge in [0.05, 0.1) is 12.2 Å². The third-order valence-corrected chi connectivity index (χ3v) is 3.23. The van der Waals surface area contributed by atoms with Crippen LogP contribution < -0.4 is 10.6 Å². The standard InChI is InChI=1S/C17H21N3O/c1-4-18-16-9-8-14(10-12(16)2)17(21)19-11-15-7-5-6-13(3)20-15/h5-10,18H,4,11H2,1-3H3,(H,19,21). The Morgan fingerprint density at radius 2 is 2.00 bits per heavy atom. The number of nitrogens with zero attached hydrogens (tertiary/aromatic N) is 1. The Balaban J connectivity index is 2.02. The van der Waals surface area contributed by atoms with Crippen molar-refractivity contribution in [3.05, 3.63) is 58.9 Å². The maximum atomic E-state index is 12.2. The number of hydrogen-bond donors (Lipinski definition) is 2. The highest BCUT2D eigenvalue weighted by Gasteiger charge is 2.07. The lowest BCUT2D eigenvalue weighted by molar-refractivity contribution is 0.0950. The van der Waals surface area contributed by atoms with E-state index in [2.05, 4.69) is 22.5 Å².